The lowest BCUT2D eigenvalue weighted by molar-refractivity contribution is -0.155. The van der Waals surface area contributed by atoms with Crippen LogP contribution in [0.3, 0.4) is 0 Å². The van der Waals surface area contributed by atoms with Gasteiger partial charge >= 0.3 is 5.97 Å². The molecule has 142 valence electrons. The fourth-order valence-corrected chi connectivity index (χ4v) is 5.37. The molecule has 4 unspecified atom stereocenters. The monoisotopic (exact) mass is 350 g/mol. The largest absolute Gasteiger partial charge is 0.462 e. The highest BCUT2D eigenvalue weighted by atomic mass is 16.5. The zero-order chi connectivity index (χ0) is 17.2. The van der Waals surface area contributed by atoms with Crippen LogP contribution in [0.25, 0.3) is 0 Å². The highest BCUT2D eigenvalue weighted by Crippen LogP contribution is 2.36. The van der Waals surface area contributed by atoms with E-state index in [2.05, 4.69) is 21.7 Å². The van der Waals surface area contributed by atoms with E-state index >= 15 is 0 Å². The first kappa shape index (κ1) is 17.7. The molecule has 2 aliphatic heterocycles. The third-order valence-corrected chi connectivity index (χ3v) is 7.09. The number of esters is 1. The van der Waals surface area contributed by atoms with E-state index < -0.39 is 0 Å². The lowest BCUT2D eigenvalue weighted by atomic mass is 9.88. The summed E-state index contributed by atoms with van der Waals surface area (Å²) in [5, 5.41) is 0. The highest BCUT2D eigenvalue weighted by Gasteiger charge is 2.39. The van der Waals surface area contributed by atoms with Crippen LogP contribution in [-0.2, 0) is 9.53 Å². The van der Waals surface area contributed by atoms with Crippen LogP contribution in [0, 0.1) is 5.92 Å². The molecular formula is C19H34N4O2. The second kappa shape index (κ2) is 7.51. The van der Waals surface area contributed by atoms with Gasteiger partial charge in [0.2, 0.25) is 0 Å². The fraction of sp³-hybridized carbons (Fsp3) is 0.947. The molecule has 25 heavy (non-hydrogen) atoms. The Hall–Kier alpha value is -0.690. The predicted molar refractivity (Wildman–Crippen MR) is 96.5 cm³/mol. The Labute approximate surface area is 151 Å². The van der Waals surface area contributed by atoms with Crippen molar-refractivity contribution in [3.63, 3.8) is 0 Å². The summed E-state index contributed by atoms with van der Waals surface area (Å²) >= 11 is 0. The Bertz CT molecular complexity index is 472. The topological polar surface area (TPSA) is 74.4 Å². The van der Waals surface area contributed by atoms with E-state index in [0.29, 0.717) is 0 Å². The molecule has 0 bridgehead atoms. The maximum atomic E-state index is 12.8. The van der Waals surface area contributed by atoms with E-state index in [9.17, 15) is 4.79 Å². The molecule has 2 saturated heterocycles. The van der Waals surface area contributed by atoms with Crippen LogP contribution >= 0.6 is 0 Å². The average molecular weight is 351 g/mol. The van der Waals surface area contributed by atoms with E-state index in [1.54, 1.807) is 0 Å². The minimum absolute atomic E-state index is 0.0708. The van der Waals surface area contributed by atoms with Crippen LogP contribution in [-0.4, -0.2) is 36.2 Å². The highest BCUT2D eigenvalue weighted by molar-refractivity contribution is 5.72. The van der Waals surface area contributed by atoms with E-state index in [0.717, 1.165) is 64.5 Å². The van der Waals surface area contributed by atoms with E-state index in [4.69, 9.17) is 4.74 Å². The normalized spacial score (nSPS) is 42.4. The molecule has 4 aliphatic rings. The van der Waals surface area contributed by atoms with Gasteiger partial charge in [-0.1, -0.05) is 6.42 Å². The fourth-order valence-electron chi connectivity index (χ4n) is 5.37. The molecule has 6 heteroatoms. The van der Waals surface area contributed by atoms with Crippen molar-refractivity contribution in [2.75, 3.05) is 13.1 Å². The molecule has 2 spiro atoms. The van der Waals surface area contributed by atoms with Gasteiger partial charge in [-0.05, 0) is 70.6 Å². The van der Waals surface area contributed by atoms with Gasteiger partial charge in [-0.25, -0.2) is 0 Å². The molecule has 4 N–H and O–H groups in total. The SMILES string of the molecule is O=C(OC1CCCC2(CCNN2)CC1)C1CCCC2(CCNN2)CC1. The molecule has 4 fully saturated rings. The third-order valence-electron chi connectivity index (χ3n) is 7.09. The molecular weight excluding hydrogens is 316 g/mol. The van der Waals surface area contributed by atoms with Gasteiger partial charge in [0.15, 0.2) is 0 Å². The zero-order valence-electron chi connectivity index (χ0n) is 15.4. The first-order valence-electron chi connectivity index (χ1n) is 10.4. The van der Waals surface area contributed by atoms with Crippen LogP contribution in [0.15, 0.2) is 0 Å². The second-order valence-corrected chi connectivity index (χ2v) is 8.78. The number of carbonyl (C=O) groups is 1. The standard InChI is InChI=1S/C19H34N4O2/c24-17(15-3-1-7-18(9-5-15)11-13-20-22-18)25-16-4-2-8-19(10-6-16)12-14-21-23-19/h15-16,20-23H,1-14H2. The zero-order valence-corrected chi connectivity index (χ0v) is 15.4. The Morgan fingerprint density at radius 1 is 0.760 bits per heavy atom. The van der Waals surface area contributed by atoms with Crippen molar-refractivity contribution >= 4 is 5.97 Å². The summed E-state index contributed by atoms with van der Waals surface area (Å²) in [6.07, 6.45) is 13.3. The van der Waals surface area contributed by atoms with Crippen LogP contribution in [0.1, 0.15) is 77.0 Å². The summed E-state index contributed by atoms with van der Waals surface area (Å²) in [6.45, 7) is 2.10. The van der Waals surface area contributed by atoms with E-state index in [1.165, 1.54) is 25.7 Å². The molecule has 0 radical (unpaired) electrons. The lowest BCUT2D eigenvalue weighted by Crippen LogP contribution is -2.43. The van der Waals surface area contributed by atoms with Crippen molar-refractivity contribution < 1.29 is 9.53 Å². The maximum Gasteiger partial charge on any atom is 0.309 e. The molecule has 0 aromatic rings. The average Bonchev–Trinajstić information content (AvgIpc) is 3.14. The summed E-state index contributed by atoms with van der Waals surface area (Å²) in [6, 6.07) is 0. The minimum atomic E-state index is 0.0708. The Balaban J connectivity index is 1.28. The van der Waals surface area contributed by atoms with Gasteiger partial charge in [-0.15, -0.1) is 0 Å². The molecule has 6 nitrogen and oxygen atoms in total. The molecule has 4 rings (SSSR count). The summed E-state index contributed by atoms with van der Waals surface area (Å²) < 4.78 is 6.00. The number of hydrazine groups is 2. The number of rotatable bonds is 2. The van der Waals surface area contributed by atoms with Gasteiger partial charge in [0.25, 0.3) is 0 Å². The summed E-state index contributed by atoms with van der Waals surface area (Å²) in [7, 11) is 0. The van der Waals surface area contributed by atoms with Crippen LogP contribution in [0.5, 0.6) is 0 Å². The van der Waals surface area contributed by atoms with Crippen molar-refractivity contribution in [2.45, 2.75) is 94.2 Å². The molecule has 2 aliphatic carbocycles. The van der Waals surface area contributed by atoms with Crippen molar-refractivity contribution in [1.82, 2.24) is 21.7 Å². The number of ether oxygens (including phenoxy) is 1. The van der Waals surface area contributed by atoms with Gasteiger partial charge in [-0.2, -0.15) is 0 Å². The number of nitrogens with one attached hydrogen (secondary N) is 4. The van der Waals surface area contributed by atoms with Gasteiger partial charge in [0.05, 0.1) is 5.92 Å². The molecule has 4 atom stereocenters. The molecule has 0 aromatic heterocycles. The van der Waals surface area contributed by atoms with Crippen LogP contribution in [0.2, 0.25) is 0 Å². The summed E-state index contributed by atoms with van der Waals surface area (Å²) in [5.41, 5.74) is 14.0. The van der Waals surface area contributed by atoms with Gasteiger partial charge < -0.3 is 4.74 Å². The summed E-state index contributed by atoms with van der Waals surface area (Å²) in [5.74, 6) is 0.173. The quantitative estimate of drug-likeness (QED) is 0.570. The van der Waals surface area contributed by atoms with E-state index in [1.807, 2.05) is 0 Å². The Kier molecular flexibility index (Phi) is 5.32. The van der Waals surface area contributed by atoms with Gasteiger partial charge in [0, 0.05) is 24.2 Å². The van der Waals surface area contributed by atoms with Crippen molar-refractivity contribution in [3.8, 4) is 0 Å². The van der Waals surface area contributed by atoms with Crippen LogP contribution < -0.4 is 21.7 Å². The minimum Gasteiger partial charge on any atom is -0.462 e. The molecule has 2 saturated carbocycles. The van der Waals surface area contributed by atoms with Crippen molar-refractivity contribution in [2.24, 2.45) is 5.92 Å². The first-order valence-corrected chi connectivity index (χ1v) is 10.4. The molecule has 0 aromatic carbocycles. The lowest BCUT2D eigenvalue weighted by Gasteiger charge is -2.27. The van der Waals surface area contributed by atoms with Crippen LogP contribution in [0.4, 0.5) is 0 Å². The number of hydrogen-bond acceptors (Lipinski definition) is 6. The van der Waals surface area contributed by atoms with Gasteiger partial charge in [-0.3, -0.25) is 26.5 Å². The summed E-state index contributed by atoms with van der Waals surface area (Å²) in [4.78, 5) is 12.8. The van der Waals surface area contributed by atoms with Crippen molar-refractivity contribution in [3.05, 3.63) is 0 Å². The predicted octanol–water partition coefficient (Wildman–Crippen LogP) is 1.92. The maximum absolute atomic E-state index is 12.8. The molecule has 2 heterocycles. The van der Waals surface area contributed by atoms with Gasteiger partial charge in [0.1, 0.15) is 6.10 Å². The second-order valence-electron chi connectivity index (χ2n) is 8.78. The Morgan fingerprint density at radius 2 is 1.40 bits per heavy atom. The smallest absolute Gasteiger partial charge is 0.309 e. The third kappa shape index (κ3) is 4.02. The number of hydrogen-bond donors (Lipinski definition) is 4. The first-order chi connectivity index (χ1) is 12.2. The van der Waals surface area contributed by atoms with E-state index in [-0.39, 0.29) is 29.1 Å². The van der Waals surface area contributed by atoms with Crippen molar-refractivity contribution in [1.29, 1.82) is 0 Å². The molecule has 0 amide bonds. The Morgan fingerprint density at radius 3 is 2.04 bits per heavy atom. The number of carbonyl (C=O) groups excluding carboxylic acids is 1.